The van der Waals surface area contributed by atoms with Gasteiger partial charge in [0.2, 0.25) is 11.8 Å². The Bertz CT molecular complexity index is 1140. The predicted octanol–water partition coefficient (Wildman–Crippen LogP) is 4.31. The molecule has 1 aliphatic heterocycles. The lowest BCUT2D eigenvalue weighted by molar-refractivity contribution is -0.127. The van der Waals surface area contributed by atoms with Crippen molar-refractivity contribution in [2.75, 3.05) is 11.9 Å². The van der Waals surface area contributed by atoms with Crippen LogP contribution >= 0.6 is 39.3 Å². The first-order valence-corrected chi connectivity index (χ1v) is 12.4. The molecule has 2 aromatic rings. The summed E-state index contributed by atoms with van der Waals surface area (Å²) >= 11 is 10.0. The van der Waals surface area contributed by atoms with Crippen molar-refractivity contribution >= 4 is 72.0 Å². The maximum atomic E-state index is 12.8. The summed E-state index contributed by atoms with van der Waals surface area (Å²) in [6, 6.07) is 12.6. The second kappa shape index (κ2) is 9.99. The van der Waals surface area contributed by atoms with Crippen molar-refractivity contribution in [3.05, 3.63) is 70.7 Å². The van der Waals surface area contributed by atoms with E-state index in [1.807, 2.05) is 0 Å². The molecule has 1 unspecified atom stereocenters. The molecular weight excluding hydrogens is 526 g/mol. The minimum atomic E-state index is -4.03. The smallest absolute Gasteiger partial charge is 0.284 e. The predicted molar refractivity (Wildman–Crippen MR) is 127 cm³/mol. The maximum absolute atomic E-state index is 12.8. The number of hydrogen-bond acceptors (Lipinski definition) is 5. The van der Waals surface area contributed by atoms with E-state index in [9.17, 15) is 18.0 Å². The van der Waals surface area contributed by atoms with Crippen LogP contribution in [-0.2, 0) is 19.6 Å². The molecule has 2 amide bonds. The number of amidine groups is 1. The Hall–Kier alpha value is -2.14. The maximum Gasteiger partial charge on any atom is 0.284 e. The molecular formula is C20H17BrClN3O4S2. The Balaban J connectivity index is 1.78. The van der Waals surface area contributed by atoms with Gasteiger partial charge in [-0.3, -0.25) is 14.5 Å². The van der Waals surface area contributed by atoms with Crippen LogP contribution in [0.1, 0.15) is 6.42 Å². The molecule has 1 saturated heterocycles. The van der Waals surface area contributed by atoms with Crippen LogP contribution in [0.15, 0.2) is 75.0 Å². The Morgan fingerprint density at radius 1 is 1.23 bits per heavy atom. The third-order valence-electron chi connectivity index (χ3n) is 4.14. The van der Waals surface area contributed by atoms with Crippen molar-refractivity contribution in [3.8, 4) is 0 Å². The Morgan fingerprint density at radius 2 is 1.87 bits per heavy atom. The van der Waals surface area contributed by atoms with Crippen molar-refractivity contribution in [3.63, 3.8) is 0 Å². The van der Waals surface area contributed by atoms with Crippen molar-refractivity contribution in [2.24, 2.45) is 4.40 Å². The van der Waals surface area contributed by atoms with Gasteiger partial charge in [-0.15, -0.1) is 11.0 Å². The van der Waals surface area contributed by atoms with Gasteiger partial charge in [-0.05, 0) is 48.5 Å². The highest BCUT2D eigenvalue weighted by molar-refractivity contribution is 9.10. The molecule has 1 N–H and O–H groups in total. The number of thioether (sulfide) groups is 1. The van der Waals surface area contributed by atoms with Crippen LogP contribution in [0.2, 0.25) is 5.02 Å². The Kier molecular flexibility index (Phi) is 7.58. The number of anilines is 1. The average Bonchev–Trinajstić information content (AvgIpc) is 2.98. The van der Waals surface area contributed by atoms with E-state index in [4.69, 9.17) is 11.6 Å². The number of nitrogens with one attached hydrogen (secondary N) is 1. The number of benzene rings is 2. The van der Waals surface area contributed by atoms with Gasteiger partial charge in [-0.2, -0.15) is 8.42 Å². The lowest BCUT2D eigenvalue weighted by atomic mass is 10.2. The highest BCUT2D eigenvalue weighted by Gasteiger charge is 2.39. The second-order valence-electron chi connectivity index (χ2n) is 6.41. The molecule has 7 nitrogen and oxygen atoms in total. The zero-order valence-electron chi connectivity index (χ0n) is 16.0. The second-order valence-corrected chi connectivity index (χ2v) is 10.5. The molecule has 0 bridgehead atoms. The summed E-state index contributed by atoms with van der Waals surface area (Å²) in [7, 11) is -4.03. The zero-order chi connectivity index (χ0) is 22.6. The van der Waals surface area contributed by atoms with Crippen molar-refractivity contribution in [2.45, 2.75) is 16.6 Å². The Morgan fingerprint density at radius 3 is 2.48 bits per heavy atom. The van der Waals surface area contributed by atoms with E-state index in [0.29, 0.717) is 10.7 Å². The van der Waals surface area contributed by atoms with Crippen LogP contribution in [-0.4, -0.2) is 42.1 Å². The van der Waals surface area contributed by atoms with Gasteiger partial charge >= 0.3 is 0 Å². The number of halogens is 2. The molecule has 11 heteroatoms. The van der Waals surface area contributed by atoms with Gasteiger partial charge in [0, 0.05) is 28.1 Å². The van der Waals surface area contributed by atoms with E-state index in [1.165, 1.54) is 23.1 Å². The van der Waals surface area contributed by atoms with Gasteiger partial charge in [-0.25, -0.2) is 0 Å². The molecule has 0 radical (unpaired) electrons. The number of nitrogens with zero attached hydrogens (tertiary/aromatic N) is 2. The van der Waals surface area contributed by atoms with Gasteiger partial charge in [0.15, 0.2) is 5.17 Å². The van der Waals surface area contributed by atoms with E-state index in [-0.39, 0.29) is 28.9 Å². The standard InChI is InChI=1S/C20H17BrClN3O4S2/c1-2-11-25-19(27)17(12-18(26)23-15-7-5-14(22)6-8-15)30-20(25)24-31(28,29)16-9-3-13(21)4-10-16/h2-10,17H,1,11-12H2,(H,23,26)/b24-20+. The van der Waals surface area contributed by atoms with Gasteiger partial charge in [0.05, 0.1) is 4.90 Å². The number of rotatable bonds is 7. The number of sulfonamides is 1. The minimum Gasteiger partial charge on any atom is -0.326 e. The Labute approximate surface area is 197 Å². The first-order chi connectivity index (χ1) is 14.7. The molecule has 162 valence electrons. The van der Waals surface area contributed by atoms with Crippen molar-refractivity contribution in [1.82, 2.24) is 4.90 Å². The lowest BCUT2D eigenvalue weighted by Crippen LogP contribution is -2.33. The van der Waals surface area contributed by atoms with Gasteiger partial charge in [0.1, 0.15) is 5.25 Å². The molecule has 1 heterocycles. The quantitative estimate of drug-likeness (QED) is 0.526. The molecule has 1 fully saturated rings. The lowest BCUT2D eigenvalue weighted by Gasteiger charge is -2.13. The SMILES string of the molecule is C=CCN1C(=O)C(CC(=O)Nc2ccc(Cl)cc2)S/C1=N/S(=O)(=O)c1ccc(Br)cc1. The van der Waals surface area contributed by atoms with E-state index in [2.05, 4.69) is 32.2 Å². The van der Waals surface area contributed by atoms with Gasteiger partial charge in [-0.1, -0.05) is 45.4 Å². The highest BCUT2D eigenvalue weighted by atomic mass is 79.9. The summed E-state index contributed by atoms with van der Waals surface area (Å²) in [4.78, 5) is 26.4. The van der Waals surface area contributed by atoms with Crippen molar-refractivity contribution < 1.29 is 18.0 Å². The molecule has 0 saturated carbocycles. The van der Waals surface area contributed by atoms with E-state index >= 15 is 0 Å². The fourth-order valence-corrected chi connectivity index (χ4v) is 5.44. The summed E-state index contributed by atoms with van der Waals surface area (Å²) in [5, 5.41) is 2.44. The molecule has 2 aromatic carbocycles. The summed E-state index contributed by atoms with van der Waals surface area (Å²) in [5.74, 6) is -0.787. The molecule has 0 aliphatic carbocycles. The monoisotopic (exact) mass is 541 g/mol. The highest BCUT2D eigenvalue weighted by Crippen LogP contribution is 2.31. The number of carbonyl (C=O) groups excluding carboxylic acids is 2. The molecule has 1 atom stereocenters. The summed E-state index contributed by atoms with van der Waals surface area (Å²) < 4.78 is 30.0. The molecule has 3 rings (SSSR count). The molecule has 0 spiro atoms. The number of carbonyl (C=O) groups is 2. The fourth-order valence-electron chi connectivity index (χ4n) is 2.68. The van der Waals surface area contributed by atoms with Crippen LogP contribution in [0.3, 0.4) is 0 Å². The van der Waals surface area contributed by atoms with Crippen LogP contribution in [0.4, 0.5) is 5.69 Å². The molecule has 1 aliphatic rings. The van der Waals surface area contributed by atoms with Gasteiger partial charge < -0.3 is 5.32 Å². The first kappa shape index (κ1) is 23.5. The topological polar surface area (TPSA) is 95.9 Å². The fraction of sp³-hybridized carbons (Fsp3) is 0.150. The zero-order valence-corrected chi connectivity index (χ0v) is 20.0. The van der Waals surface area contributed by atoms with Crippen LogP contribution < -0.4 is 5.32 Å². The average molecular weight is 543 g/mol. The summed E-state index contributed by atoms with van der Waals surface area (Å²) in [5.41, 5.74) is 0.541. The van der Waals surface area contributed by atoms with E-state index in [0.717, 1.165) is 16.2 Å². The van der Waals surface area contributed by atoms with E-state index in [1.54, 1.807) is 36.4 Å². The third-order valence-corrected chi connectivity index (χ3v) is 7.49. The third kappa shape index (κ3) is 5.97. The minimum absolute atomic E-state index is 0.00117. The van der Waals surface area contributed by atoms with Gasteiger partial charge in [0.25, 0.3) is 10.0 Å². The largest absolute Gasteiger partial charge is 0.326 e. The van der Waals surface area contributed by atoms with Crippen LogP contribution in [0.25, 0.3) is 0 Å². The first-order valence-electron chi connectivity index (χ1n) is 8.94. The number of amides is 2. The number of hydrogen-bond donors (Lipinski definition) is 1. The van der Waals surface area contributed by atoms with Crippen LogP contribution in [0, 0.1) is 0 Å². The molecule has 0 aromatic heterocycles. The normalized spacial score (nSPS) is 17.7. The van der Waals surface area contributed by atoms with Crippen molar-refractivity contribution in [1.29, 1.82) is 0 Å². The van der Waals surface area contributed by atoms with E-state index < -0.39 is 21.2 Å². The summed E-state index contributed by atoms with van der Waals surface area (Å²) in [6.45, 7) is 3.68. The molecule has 31 heavy (non-hydrogen) atoms. The van der Waals surface area contributed by atoms with Crippen LogP contribution in [0.5, 0.6) is 0 Å². The summed E-state index contributed by atoms with van der Waals surface area (Å²) in [6.07, 6.45) is 1.33.